The van der Waals surface area contributed by atoms with E-state index in [1.165, 1.54) is 0 Å². The second kappa shape index (κ2) is 3.11. The molecular weight excluding hydrogens is 234 g/mol. The van der Waals surface area contributed by atoms with Crippen molar-refractivity contribution in [3.63, 3.8) is 0 Å². The van der Waals surface area contributed by atoms with Crippen LogP contribution in [0.25, 0.3) is 0 Å². The van der Waals surface area contributed by atoms with Gasteiger partial charge in [-0.1, -0.05) is 0 Å². The molecule has 1 saturated heterocycles. The summed E-state index contributed by atoms with van der Waals surface area (Å²) in [6.07, 6.45) is -10.9. The van der Waals surface area contributed by atoms with Gasteiger partial charge in [0.25, 0.3) is 0 Å². The molecule has 0 aliphatic carbocycles. The van der Waals surface area contributed by atoms with Crippen LogP contribution in [0.5, 0.6) is 0 Å². The lowest BCUT2D eigenvalue weighted by molar-refractivity contribution is -0.237. The van der Waals surface area contributed by atoms with Crippen molar-refractivity contribution in [1.82, 2.24) is 0 Å². The van der Waals surface area contributed by atoms with Crippen LogP contribution in [0.4, 0.5) is 26.3 Å². The van der Waals surface area contributed by atoms with E-state index in [0.717, 1.165) is 0 Å². The highest BCUT2D eigenvalue weighted by Crippen LogP contribution is 2.45. The summed E-state index contributed by atoms with van der Waals surface area (Å²) >= 11 is 0. The van der Waals surface area contributed by atoms with Crippen LogP contribution in [0.3, 0.4) is 0 Å². The molecule has 15 heavy (non-hydrogen) atoms. The van der Waals surface area contributed by atoms with Crippen LogP contribution in [-0.4, -0.2) is 24.3 Å². The van der Waals surface area contributed by atoms with E-state index < -0.39 is 36.1 Å². The molecule has 1 heterocycles. The lowest BCUT2D eigenvalue weighted by Crippen LogP contribution is -2.40. The lowest BCUT2D eigenvalue weighted by Gasteiger charge is -2.18. The molecule has 1 aliphatic rings. The fourth-order valence-corrected chi connectivity index (χ4v) is 1.14. The summed E-state index contributed by atoms with van der Waals surface area (Å²) in [5.74, 6) is -11.3. The van der Waals surface area contributed by atoms with Crippen molar-refractivity contribution in [1.29, 1.82) is 0 Å². The molecule has 1 aliphatic heterocycles. The van der Waals surface area contributed by atoms with Crippen LogP contribution in [0.1, 0.15) is 0 Å². The van der Waals surface area contributed by atoms with Gasteiger partial charge in [-0.25, -0.2) is 0 Å². The van der Waals surface area contributed by atoms with E-state index in [1.54, 1.807) is 0 Å². The van der Waals surface area contributed by atoms with Crippen LogP contribution >= 0.6 is 0 Å². The summed E-state index contributed by atoms with van der Waals surface area (Å²) in [6, 6.07) is 0. The third-order valence-corrected chi connectivity index (χ3v) is 1.75. The highest BCUT2D eigenvalue weighted by atomic mass is 19.4. The second-order valence-electron chi connectivity index (χ2n) is 2.78. The van der Waals surface area contributed by atoms with E-state index in [1.807, 2.05) is 0 Å². The van der Waals surface area contributed by atoms with Crippen molar-refractivity contribution in [3.05, 3.63) is 0 Å². The third-order valence-electron chi connectivity index (χ3n) is 1.75. The summed E-state index contributed by atoms with van der Waals surface area (Å²) in [4.78, 5) is 20.9. The molecule has 0 aromatic rings. The first kappa shape index (κ1) is 11.8. The van der Waals surface area contributed by atoms with Crippen molar-refractivity contribution in [2.45, 2.75) is 12.4 Å². The largest absolute Gasteiger partial charge is 0.403 e. The maximum atomic E-state index is 12.0. The molecule has 0 N–H and O–H groups in total. The minimum atomic E-state index is -5.45. The smallest absolute Gasteiger partial charge is 0.392 e. The maximum Gasteiger partial charge on any atom is 0.403 e. The fraction of sp³-hybridized carbons (Fsp3) is 0.667. The van der Waals surface area contributed by atoms with Gasteiger partial charge in [0.05, 0.1) is 0 Å². The average Bonchev–Trinajstić information content (AvgIpc) is 2.22. The van der Waals surface area contributed by atoms with Gasteiger partial charge in [0.2, 0.25) is 0 Å². The van der Waals surface area contributed by atoms with Gasteiger partial charge in [0.1, 0.15) is 0 Å². The molecule has 0 amide bonds. The third kappa shape index (κ3) is 2.05. The van der Waals surface area contributed by atoms with Crippen molar-refractivity contribution < 1.29 is 40.7 Å². The first-order valence-corrected chi connectivity index (χ1v) is 3.44. The Labute approximate surface area is 78.0 Å². The number of ether oxygens (including phenoxy) is 1. The van der Waals surface area contributed by atoms with Crippen LogP contribution in [0.15, 0.2) is 0 Å². The zero-order chi connectivity index (χ0) is 12.0. The summed E-state index contributed by atoms with van der Waals surface area (Å²) in [5.41, 5.74) is 0. The van der Waals surface area contributed by atoms with Gasteiger partial charge in [0.15, 0.2) is 11.8 Å². The first-order chi connectivity index (χ1) is 6.55. The molecule has 3 nitrogen and oxygen atoms in total. The molecule has 2 unspecified atom stereocenters. The van der Waals surface area contributed by atoms with Crippen LogP contribution < -0.4 is 0 Å². The van der Waals surface area contributed by atoms with Crippen molar-refractivity contribution >= 4 is 11.9 Å². The van der Waals surface area contributed by atoms with Gasteiger partial charge in [-0.3, -0.25) is 9.59 Å². The molecule has 0 spiro atoms. The molecule has 0 radical (unpaired) electrons. The molecule has 0 bridgehead atoms. The van der Waals surface area contributed by atoms with Crippen molar-refractivity contribution in [3.8, 4) is 0 Å². The number of hydrogen-bond donors (Lipinski definition) is 0. The number of esters is 2. The minimum Gasteiger partial charge on any atom is -0.392 e. The lowest BCUT2D eigenvalue weighted by atomic mass is 9.94. The Hall–Kier alpha value is -1.28. The quantitative estimate of drug-likeness (QED) is 0.363. The number of cyclic esters (lactones) is 2. The predicted molar refractivity (Wildman–Crippen MR) is 30.2 cm³/mol. The van der Waals surface area contributed by atoms with Gasteiger partial charge < -0.3 is 4.74 Å². The molecule has 1 rings (SSSR count). The molecule has 0 aromatic carbocycles. The van der Waals surface area contributed by atoms with E-state index in [-0.39, 0.29) is 0 Å². The van der Waals surface area contributed by atoms with Crippen molar-refractivity contribution in [2.24, 2.45) is 11.8 Å². The fourth-order valence-electron chi connectivity index (χ4n) is 1.14. The molecule has 0 aromatic heterocycles. The molecule has 1 fully saturated rings. The zero-order valence-electron chi connectivity index (χ0n) is 6.65. The number of carbonyl (C=O) groups excluding carboxylic acids is 2. The number of halogens is 6. The zero-order valence-corrected chi connectivity index (χ0v) is 6.65. The van der Waals surface area contributed by atoms with E-state index >= 15 is 0 Å². The maximum absolute atomic E-state index is 12.0. The van der Waals surface area contributed by atoms with Gasteiger partial charge in [0, 0.05) is 0 Å². The van der Waals surface area contributed by atoms with Gasteiger partial charge in [-0.15, -0.1) is 0 Å². The van der Waals surface area contributed by atoms with Crippen LogP contribution in [0.2, 0.25) is 0 Å². The van der Waals surface area contributed by atoms with Crippen LogP contribution in [-0.2, 0) is 14.3 Å². The predicted octanol–water partition coefficient (Wildman–Crippen LogP) is 1.43. The molecule has 86 valence electrons. The molecule has 2 atom stereocenters. The van der Waals surface area contributed by atoms with E-state index in [4.69, 9.17) is 0 Å². The highest BCUT2D eigenvalue weighted by Gasteiger charge is 2.67. The summed E-state index contributed by atoms with van der Waals surface area (Å²) in [7, 11) is 0. The van der Waals surface area contributed by atoms with Gasteiger partial charge in [-0.2, -0.15) is 26.3 Å². The molecular formula is C6H2F6O3. The number of carbonyl (C=O) groups is 2. The Morgan fingerprint density at radius 2 is 1.07 bits per heavy atom. The van der Waals surface area contributed by atoms with Gasteiger partial charge >= 0.3 is 24.3 Å². The van der Waals surface area contributed by atoms with Crippen molar-refractivity contribution in [2.75, 3.05) is 0 Å². The second-order valence-corrected chi connectivity index (χ2v) is 2.78. The van der Waals surface area contributed by atoms with Gasteiger partial charge in [-0.05, 0) is 0 Å². The Morgan fingerprint density at radius 3 is 1.27 bits per heavy atom. The summed E-state index contributed by atoms with van der Waals surface area (Å²) in [6.45, 7) is 0. The number of alkyl halides is 6. The monoisotopic (exact) mass is 236 g/mol. The SMILES string of the molecule is O=C1OC(=O)C(C(F)(F)F)C1C(F)(F)F. The van der Waals surface area contributed by atoms with E-state index in [0.29, 0.717) is 0 Å². The number of rotatable bonds is 0. The first-order valence-electron chi connectivity index (χ1n) is 3.44. The average molecular weight is 236 g/mol. The Morgan fingerprint density at radius 1 is 0.800 bits per heavy atom. The summed E-state index contributed by atoms with van der Waals surface area (Å²) in [5, 5.41) is 0. The Bertz CT molecular complexity index is 273. The normalized spacial score (nSPS) is 28.1. The highest BCUT2D eigenvalue weighted by molar-refractivity contribution is 5.97. The Balaban J connectivity index is 3.12. The minimum absolute atomic E-state index is 2.21. The Kier molecular flexibility index (Phi) is 2.44. The molecule has 9 heteroatoms. The topological polar surface area (TPSA) is 43.4 Å². The van der Waals surface area contributed by atoms with E-state index in [9.17, 15) is 35.9 Å². The number of hydrogen-bond acceptors (Lipinski definition) is 3. The summed E-state index contributed by atoms with van der Waals surface area (Å²) < 4.78 is 75.4. The van der Waals surface area contributed by atoms with Crippen LogP contribution in [0, 0.1) is 11.8 Å². The van der Waals surface area contributed by atoms with E-state index in [2.05, 4.69) is 4.74 Å². The molecule has 0 saturated carbocycles. The standard InChI is InChI=1S/C6H2F6O3/c7-5(8,9)1-2(6(10,11)12)4(14)15-3(1)13/h1-2H.